The minimum Gasteiger partial charge on any atom is -0.480 e. The molecule has 0 spiro atoms. The van der Waals surface area contributed by atoms with E-state index in [1.54, 1.807) is 0 Å². The van der Waals surface area contributed by atoms with E-state index in [-0.39, 0.29) is 5.54 Å². The number of carbonyl (C=O) groups is 1. The van der Waals surface area contributed by atoms with Crippen LogP contribution in [0.15, 0.2) is 36.5 Å². The zero-order chi connectivity index (χ0) is 26.5. The molecule has 0 saturated heterocycles. The quantitative estimate of drug-likeness (QED) is 0.258. The number of carboxylic acid groups (broad SMARTS) is 1. The van der Waals surface area contributed by atoms with E-state index in [2.05, 4.69) is 91.7 Å². The zero-order valence-corrected chi connectivity index (χ0v) is 24.0. The number of hydrogen-bond donors (Lipinski definition) is 2. The van der Waals surface area contributed by atoms with Crippen LogP contribution in [0.4, 0.5) is 11.5 Å². The molecule has 1 aliphatic carbocycles. The summed E-state index contributed by atoms with van der Waals surface area (Å²) in [5.74, 6) is 0.125. The van der Waals surface area contributed by atoms with E-state index in [9.17, 15) is 9.90 Å². The van der Waals surface area contributed by atoms with Crippen LogP contribution >= 0.6 is 0 Å². The van der Waals surface area contributed by atoms with Crippen molar-refractivity contribution >= 4 is 36.6 Å². The zero-order valence-electron chi connectivity index (χ0n) is 23.0. The fraction of sp³-hybridized carbons (Fsp3) is 0.517. The second-order valence-corrected chi connectivity index (χ2v) is 18.4. The topological polar surface area (TPSA) is 79.6 Å². The Morgan fingerprint density at radius 3 is 2.59 bits per heavy atom. The Hall–Kier alpha value is -2.84. The van der Waals surface area contributed by atoms with E-state index in [0.29, 0.717) is 19.2 Å². The number of benzene rings is 1. The van der Waals surface area contributed by atoms with Gasteiger partial charge in [-0.05, 0) is 69.0 Å². The molecule has 1 unspecified atom stereocenters. The number of nitrogens with zero attached hydrogens (tertiary/aromatic N) is 3. The standard InChI is InChI=1S/C29H40N4O3Si/c1-29(2,3)33-24-15-19(7-8-20(24)16-25(33)28(34)35)23-17-32(18-36-13-14-37(4,5)6)27-22(23)11-12-26(31-27)30-21-9-10-21/h7-8,11-12,15,17,21,25H,9-10,13-14,16,18H2,1-6H3,(H,30,31)(H,34,35). The van der Waals surface area contributed by atoms with Gasteiger partial charge in [0.1, 0.15) is 24.2 Å². The second-order valence-electron chi connectivity index (χ2n) is 12.8. The highest BCUT2D eigenvalue weighted by Crippen LogP contribution is 2.41. The van der Waals surface area contributed by atoms with Gasteiger partial charge in [-0.25, -0.2) is 9.78 Å². The number of rotatable bonds is 9. The molecule has 0 radical (unpaired) electrons. The lowest BCUT2D eigenvalue weighted by molar-refractivity contribution is -0.138. The molecule has 1 atom stereocenters. The maximum Gasteiger partial charge on any atom is 0.326 e. The Balaban J connectivity index is 1.52. The van der Waals surface area contributed by atoms with Gasteiger partial charge in [-0.1, -0.05) is 31.8 Å². The maximum absolute atomic E-state index is 12.1. The van der Waals surface area contributed by atoms with Crippen LogP contribution in [0.1, 0.15) is 39.2 Å². The third-order valence-corrected chi connectivity index (χ3v) is 8.97. The highest BCUT2D eigenvalue weighted by atomic mass is 28.3. The molecule has 2 N–H and O–H groups in total. The number of anilines is 2. The van der Waals surface area contributed by atoms with Gasteiger partial charge in [0.15, 0.2) is 0 Å². The third kappa shape index (κ3) is 5.55. The number of fused-ring (bicyclic) bond motifs is 2. The number of ether oxygens (including phenoxy) is 1. The minimum atomic E-state index is -1.17. The molecule has 0 amide bonds. The molecule has 5 rings (SSSR count). The van der Waals surface area contributed by atoms with Crippen molar-refractivity contribution in [2.24, 2.45) is 0 Å². The first-order valence-electron chi connectivity index (χ1n) is 13.4. The first-order chi connectivity index (χ1) is 17.4. The van der Waals surface area contributed by atoms with E-state index < -0.39 is 20.1 Å². The van der Waals surface area contributed by atoms with Crippen molar-refractivity contribution in [1.82, 2.24) is 9.55 Å². The summed E-state index contributed by atoms with van der Waals surface area (Å²) < 4.78 is 8.24. The molecule has 8 heteroatoms. The number of carboxylic acids is 1. The van der Waals surface area contributed by atoms with Gasteiger partial charge in [-0.2, -0.15) is 0 Å². The number of pyridine rings is 1. The molecule has 1 aliphatic heterocycles. The summed E-state index contributed by atoms with van der Waals surface area (Å²) in [5.41, 5.74) is 4.84. The van der Waals surface area contributed by atoms with E-state index in [0.717, 1.165) is 51.9 Å². The van der Waals surface area contributed by atoms with Crippen LogP contribution in [-0.4, -0.2) is 52.9 Å². The summed E-state index contributed by atoms with van der Waals surface area (Å²) in [6.45, 7) is 14.5. The molecule has 3 heterocycles. The lowest BCUT2D eigenvalue weighted by atomic mass is 10.0. The van der Waals surface area contributed by atoms with Crippen LogP contribution in [0, 0.1) is 0 Å². The van der Waals surface area contributed by atoms with E-state index in [1.807, 2.05) is 0 Å². The lowest BCUT2D eigenvalue weighted by Gasteiger charge is -2.38. The second kappa shape index (κ2) is 9.47. The van der Waals surface area contributed by atoms with Crippen molar-refractivity contribution in [3.8, 4) is 11.1 Å². The minimum absolute atomic E-state index is 0.309. The normalized spacial score (nSPS) is 17.9. The first kappa shape index (κ1) is 25.8. The molecular formula is C29H40N4O3Si. The van der Waals surface area contributed by atoms with Crippen molar-refractivity contribution < 1.29 is 14.6 Å². The lowest BCUT2D eigenvalue weighted by Crippen LogP contribution is -2.49. The van der Waals surface area contributed by atoms with Gasteiger partial charge in [0.2, 0.25) is 0 Å². The fourth-order valence-electron chi connectivity index (χ4n) is 5.17. The van der Waals surface area contributed by atoms with Crippen molar-refractivity contribution in [1.29, 1.82) is 0 Å². The van der Waals surface area contributed by atoms with Gasteiger partial charge in [-0.3, -0.25) is 0 Å². The highest BCUT2D eigenvalue weighted by molar-refractivity contribution is 6.76. The van der Waals surface area contributed by atoms with Gasteiger partial charge in [0.25, 0.3) is 0 Å². The highest BCUT2D eigenvalue weighted by Gasteiger charge is 2.40. The van der Waals surface area contributed by atoms with Gasteiger partial charge in [0.05, 0.1) is 0 Å². The Morgan fingerprint density at radius 1 is 1.19 bits per heavy atom. The summed E-state index contributed by atoms with van der Waals surface area (Å²) in [5, 5.41) is 14.5. The number of hydrogen-bond acceptors (Lipinski definition) is 5. The average Bonchev–Trinajstić information content (AvgIpc) is 3.41. The molecule has 2 aliphatic rings. The fourth-order valence-corrected chi connectivity index (χ4v) is 5.93. The van der Waals surface area contributed by atoms with Gasteiger partial charge < -0.3 is 24.6 Å². The molecule has 0 bridgehead atoms. The van der Waals surface area contributed by atoms with E-state index >= 15 is 0 Å². The molecule has 3 aromatic rings. The van der Waals surface area contributed by atoms with Crippen LogP contribution in [-0.2, 0) is 22.7 Å². The monoisotopic (exact) mass is 520 g/mol. The van der Waals surface area contributed by atoms with Crippen LogP contribution in [0.3, 0.4) is 0 Å². The van der Waals surface area contributed by atoms with Crippen molar-refractivity contribution in [2.45, 2.75) is 90.1 Å². The smallest absolute Gasteiger partial charge is 0.326 e. The molecule has 1 fully saturated rings. The number of nitrogens with one attached hydrogen (secondary N) is 1. The van der Waals surface area contributed by atoms with E-state index in [1.165, 1.54) is 12.8 Å². The summed E-state index contributed by atoms with van der Waals surface area (Å²) in [6, 6.07) is 11.7. The summed E-state index contributed by atoms with van der Waals surface area (Å²) >= 11 is 0. The molecule has 7 nitrogen and oxygen atoms in total. The predicted octanol–water partition coefficient (Wildman–Crippen LogP) is 6.20. The molecular weight excluding hydrogens is 480 g/mol. The Labute approximate surface area is 220 Å². The van der Waals surface area contributed by atoms with E-state index in [4.69, 9.17) is 9.72 Å². The summed E-state index contributed by atoms with van der Waals surface area (Å²) in [4.78, 5) is 19.1. The number of aliphatic carboxylic acids is 1. The molecule has 37 heavy (non-hydrogen) atoms. The molecule has 1 aromatic carbocycles. The third-order valence-electron chi connectivity index (χ3n) is 7.27. The number of aromatic nitrogens is 2. The maximum atomic E-state index is 12.1. The van der Waals surface area contributed by atoms with Crippen LogP contribution in [0.2, 0.25) is 25.7 Å². The Kier molecular flexibility index (Phi) is 6.60. The predicted molar refractivity (Wildman–Crippen MR) is 153 cm³/mol. The molecule has 198 valence electrons. The van der Waals surface area contributed by atoms with Gasteiger partial charge >= 0.3 is 5.97 Å². The van der Waals surface area contributed by atoms with Crippen LogP contribution in [0.25, 0.3) is 22.2 Å². The van der Waals surface area contributed by atoms with Crippen molar-refractivity contribution in [2.75, 3.05) is 16.8 Å². The Morgan fingerprint density at radius 2 is 1.95 bits per heavy atom. The SMILES string of the molecule is CC(C)(C)N1c2cc(-c3cn(COCC[Si](C)(C)C)c4nc(NC5CC5)ccc34)ccc2CC1C(=O)O. The van der Waals surface area contributed by atoms with Crippen LogP contribution < -0.4 is 10.2 Å². The molecule has 2 aromatic heterocycles. The van der Waals surface area contributed by atoms with Crippen LogP contribution in [0.5, 0.6) is 0 Å². The van der Waals surface area contributed by atoms with Crippen molar-refractivity contribution in [3.63, 3.8) is 0 Å². The van der Waals surface area contributed by atoms with Gasteiger partial charge in [0, 0.05) is 55.5 Å². The first-order valence-corrected chi connectivity index (χ1v) is 17.1. The van der Waals surface area contributed by atoms with Gasteiger partial charge in [-0.15, -0.1) is 0 Å². The average molecular weight is 521 g/mol. The van der Waals surface area contributed by atoms with Crippen molar-refractivity contribution in [3.05, 3.63) is 42.1 Å². The summed E-state index contributed by atoms with van der Waals surface area (Å²) in [6.07, 6.45) is 5.05. The summed E-state index contributed by atoms with van der Waals surface area (Å²) in [7, 11) is -1.17. The molecule has 1 saturated carbocycles. The Bertz CT molecular complexity index is 1320. The largest absolute Gasteiger partial charge is 0.480 e.